The monoisotopic (exact) mass is 338 g/mol. The van der Waals surface area contributed by atoms with Gasteiger partial charge in [-0.3, -0.25) is 0 Å². The third-order valence-corrected chi connectivity index (χ3v) is 3.74. The molecule has 0 N–H and O–H groups in total. The number of nitrogens with zero attached hydrogens (tertiary/aromatic N) is 2. The molecule has 0 bridgehead atoms. The molecule has 0 aliphatic rings. The summed E-state index contributed by atoms with van der Waals surface area (Å²) in [5.41, 5.74) is 2.36. The molecule has 1 aromatic heterocycles. The summed E-state index contributed by atoms with van der Waals surface area (Å²) in [6, 6.07) is 14.7. The fourth-order valence-corrected chi connectivity index (χ4v) is 2.34. The summed E-state index contributed by atoms with van der Waals surface area (Å²) in [6.07, 6.45) is 0.920. The van der Waals surface area contributed by atoms with Crippen molar-refractivity contribution in [3.05, 3.63) is 65.5 Å². The van der Waals surface area contributed by atoms with E-state index in [9.17, 15) is 4.79 Å². The lowest BCUT2D eigenvalue weighted by Crippen LogP contribution is -2.05. The van der Waals surface area contributed by atoms with Crippen molar-refractivity contribution < 1.29 is 18.8 Å². The van der Waals surface area contributed by atoms with E-state index >= 15 is 0 Å². The Balaban J connectivity index is 1.66. The molecule has 3 aromatic rings. The molecule has 0 aliphatic carbocycles. The molecule has 128 valence electrons. The maximum atomic E-state index is 12.1. The van der Waals surface area contributed by atoms with Crippen LogP contribution in [0.15, 0.2) is 53.1 Å². The summed E-state index contributed by atoms with van der Waals surface area (Å²) in [4.78, 5) is 16.3. The number of hydrogen-bond acceptors (Lipinski definition) is 6. The van der Waals surface area contributed by atoms with E-state index in [-0.39, 0.29) is 12.5 Å². The number of hydrogen-bond donors (Lipinski definition) is 0. The number of ether oxygens (including phenoxy) is 2. The first-order chi connectivity index (χ1) is 12.2. The van der Waals surface area contributed by atoms with Gasteiger partial charge in [-0.1, -0.05) is 36.3 Å². The zero-order valence-corrected chi connectivity index (χ0v) is 14.1. The SMILES string of the molecule is CCc1ccc(C(=O)OCc2nc(-c3ccccc3OC)no2)cc1. The molecule has 0 amide bonds. The van der Waals surface area contributed by atoms with Gasteiger partial charge in [-0.15, -0.1) is 0 Å². The third kappa shape index (κ3) is 3.85. The molecular formula is C19H18N2O4. The van der Waals surface area contributed by atoms with Gasteiger partial charge in [0.25, 0.3) is 5.89 Å². The quantitative estimate of drug-likeness (QED) is 0.639. The number of aromatic nitrogens is 2. The number of esters is 1. The van der Waals surface area contributed by atoms with Crippen LogP contribution in [0.3, 0.4) is 0 Å². The van der Waals surface area contributed by atoms with E-state index in [1.165, 1.54) is 0 Å². The van der Waals surface area contributed by atoms with E-state index in [1.54, 1.807) is 19.2 Å². The minimum absolute atomic E-state index is 0.0868. The lowest BCUT2D eigenvalue weighted by Gasteiger charge is -2.03. The number of carbonyl (C=O) groups excluding carboxylic acids is 1. The first-order valence-corrected chi connectivity index (χ1v) is 7.93. The average molecular weight is 338 g/mol. The van der Waals surface area contributed by atoms with Crippen molar-refractivity contribution in [1.82, 2.24) is 10.1 Å². The summed E-state index contributed by atoms with van der Waals surface area (Å²) in [5, 5.41) is 3.91. The molecule has 0 fully saturated rings. The van der Waals surface area contributed by atoms with Gasteiger partial charge in [0.2, 0.25) is 5.82 Å². The maximum absolute atomic E-state index is 12.1. The van der Waals surface area contributed by atoms with E-state index in [4.69, 9.17) is 14.0 Å². The van der Waals surface area contributed by atoms with Crippen LogP contribution in [0, 0.1) is 0 Å². The van der Waals surface area contributed by atoms with Crippen LogP contribution < -0.4 is 4.74 Å². The van der Waals surface area contributed by atoms with Gasteiger partial charge in [-0.2, -0.15) is 4.98 Å². The Morgan fingerprint density at radius 1 is 1.12 bits per heavy atom. The predicted molar refractivity (Wildman–Crippen MR) is 91.2 cm³/mol. The van der Waals surface area contributed by atoms with Gasteiger partial charge in [0, 0.05) is 0 Å². The van der Waals surface area contributed by atoms with Crippen molar-refractivity contribution in [1.29, 1.82) is 0 Å². The zero-order valence-electron chi connectivity index (χ0n) is 14.1. The first-order valence-electron chi connectivity index (χ1n) is 7.93. The molecule has 0 saturated heterocycles. The Morgan fingerprint density at radius 2 is 1.88 bits per heavy atom. The van der Waals surface area contributed by atoms with Gasteiger partial charge in [-0.25, -0.2) is 4.79 Å². The second kappa shape index (κ2) is 7.61. The number of aryl methyl sites for hydroxylation is 1. The molecule has 6 heteroatoms. The smallest absolute Gasteiger partial charge is 0.338 e. The van der Waals surface area contributed by atoms with Crippen molar-refractivity contribution >= 4 is 5.97 Å². The molecule has 0 aliphatic heterocycles. The molecule has 0 spiro atoms. The third-order valence-electron chi connectivity index (χ3n) is 3.74. The summed E-state index contributed by atoms with van der Waals surface area (Å²) < 4.78 is 15.7. The lowest BCUT2D eigenvalue weighted by molar-refractivity contribution is 0.0430. The normalized spacial score (nSPS) is 10.5. The molecule has 25 heavy (non-hydrogen) atoms. The van der Waals surface area contributed by atoms with E-state index in [1.807, 2.05) is 36.4 Å². The van der Waals surface area contributed by atoms with Crippen LogP contribution in [-0.4, -0.2) is 23.2 Å². The fraction of sp³-hybridized carbons (Fsp3) is 0.211. The van der Waals surface area contributed by atoms with E-state index in [0.717, 1.165) is 12.0 Å². The minimum atomic E-state index is -0.431. The summed E-state index contributed by atoms with van der Waals surface area (Å²) in [6.45, 7) is 1.97. The van der Waals surface area contributed by atoms with Crippen LogP contribution in [-0.2, 0) is 17.8 Å². The predicted octanol–water partition coefficient (Wildman–Crippen LogP) is 3.66. The zero-order chi connectivity index (χ0) is 17.6. The number of benzene rings is 2. The molecule has 0 atom stereocenters. The Labute approximate surface area is 145 Å². The van der Waals surface area contributed by atoms with Crippen molar-refractivity contribution in [3.8, 4) is 17.1 Å². The second-order valence-corrected chi connectivity index (χ2v) is 5.34. The fourth-order valence-electron chi connectivity index (χ4n) is 2.34. The Bertz CT molecular complexity index is 856. The average Bonchev–Trinajstić information content (AvgIpc) is 3.15. The number of methoxy groups -OCH3 is 1. The molecule has 0 radical (unpaired) electrons. The molecular weight excluding hydrogens is 320 g/mol. The highest BCUT2D eigenvalue weighted by atomic mass is 16.6. The molecule has 6 nitrogen and oxygen atoms in total. The largest absolute Gasteiger partial charge is 0.496 e. The molecule has 0 saturated carbocycles. The molecule has 3 rings (SSSR count). The lowest BCUT2D eigenvalue weighted by atomic mass is 10.1. The standard InChI is InChI=1S/C19H18N2O4/c1-3-13-8-10-14(11-9-13)19(22)24-12-17-20-18(21-25-17)15-6-4-5-7-16(15)23-2/h4-11H,3,12H2,1-2H3. The summed E-state index contributed by atoms with van der Waals surface area (Å²) >= 11 is 0. The van der Waals surface area contributed by atoms with Gasteiger partial charge in [-0.05, 0) is 36.2 Å². The molecule has 2 aromatic carbocycles. The van der Waals surface area contributed by atoms with Crippen molar-refractivity contribution in [2.75, 3.05) is 7.11 Å². The van der Waals surface area contributed by atoms with Gasteiger partial charge in [0.15, 0.2) is 6.61 Å². The minimum Gasteiger partial charge on any atom is -0.496 e. The van der Waals surface area contributed by atoms with Crippen LogP contribution in [0.4, 0.5) is 0 Å². The van der Waals surface area contributed by atoms with Gasteiger partial charge in [0.05, 0.1) is 18.2 Å². The van der Waals surface area contributed by atoms with E-state index < -0.39 is 5.97 Å². The molecule has 1 heterocycles. The maximum Gasteiger partial charge on any atom is 0.338 e. The second-order valence-electron chi connectivity index (χ2n) is 5.34. The van der Waals surface area contributed by atoms with Crippen molar-refractivity contribution in [3.63, 3.8) is 0 Å². The van der Waals surface area contributed by atoms with Crippen LogP contribution >= 0.6 is 0 Å². The number of rotatable bonds is 6. The van der Waals surface area contributed by atoms with Gasteiger partial charge < -0.3 is 14.0 Å². The molecule has 0 unspecified atom stereocenters. The first kappa shape index (κ1) is 16.7. The Morgan fingerprint density at radius 3 is 2.60 bits per heavy atom. The van der Waals surface area contributed by atoms with E-state index in [2.05, 4.69) is 17.1 Å². The van der Waals surface area contributed by atoms with E-state index in [0.29, 0.717) is 22.7 Å². The summed E-state index contributed by atoms with van der Waals surface area (Å²) in [5.74, 6) is 0.817. The van der Waals surface area contributed by atoms with Gasteiger partial charge in [0.1, 0.15) is 5.75 Å². The van der Waals surface area contributed by atoms with Crippen LogP contribution in [0.1, 0.15) is 28.7 Å². The topological polar surface area (TPSA) is 74.5 Å². The highest BCUT2D eigenvalue weighted by Crippen LogP contribution is 2.27. The van der Waals surface area contributed by atoms with Crippen molar-refractivity contribution in [2.24, 2.45) is 0 Å². The van der Waals surface area contributed by atoms with Crippen LogP contribution in [0.25, 0.3) is 11.4 Å². The number of carbonyl (C=O) groups is 1. The highest BCUT2D eigenvalue weighted by molar-refractivity contribution is 5.89. The summed E-state index contributed by atoms with van der Waals surface area (Å²) in [7, 11) is 1.57. The van der Waals surface area contributed by atoms with Gasteiger partial charge >= 0.3 is 5.97 Å². The Hall–Kier alpha value is -3.15. The van der Waals surface area contributed by atoms with Crippen LogP contribution in [0.5, 0.6) is 5.75 Å². The van der Waals surface area contributed by atoms with Crippen molar-refractivity contribution in [2.45, 2.75) is 20.0 Å². The highest BCUT2D eigenvalue weighted by Gasteiger charge is 2.14. The Kier molecular flexibility index (Phi) is 5.09. The van der Waals surface area contributed by atoms with Crippen LogP contribution in [0.2, 0.25) is 0 Å². The number of para-hydroxylation sites is 1.